The summed E-state index contributed by atoms with van der Waals surface area (Å²) in [6.07, 6.45) is 20.3. The van der Waals surface area contributed by atoms with Gasteiger partial charge in [-0.05, 0) is 90.9 Å². The van der Waals surface area contributed by atoms with Gasteiger partial charge in [-0.3, -0.25) is 0 Å². The van der Waals surface area contributed by atoms with E-state index in [4.69, 9.17) is 0 Å². The van der Waals surface area contributed by atoms with Crippen LogP contribution in [0.3, 0.4) is 0 Å². The van der Waals surface area contributed by atoms with E-state index in [-0.39, 0.29) is 5.92 Å². The molecule has 1 aromatic heterocycles. The molecule has 0 saturated heterocycles. The summed E-state index contributed by atoms with van der Waals surface area (Å²) >= 11 is 0. The summed E-state index contributed by atoms with van der Waals surface area (Å²) in [7, 11) is 0. The second-order valence-corrected chi connectivity index (χ2v) is 13.5. The van der Waals surface area contributed by atoms with Crippen LogP contribution in [0.25, 0.3) is 33.1 Å². The summed E-state index contributed by atoms with van der Waals surface area (Å²) in [5, 5.41) is 32.8. The van der Waals surface area contributed by atoms with Gasteiger partial charge in [0.15, 0.2) is 0 Å². The first kappa shape index (κ1) is 35.3. The molecular formula is C49H39N5. The van der Waals surface area contributed by atoms with Crippen molar-refractivity contribution in [2.24, 2.45) is 0 Å². The lowest BCUT2D eigenvalue weighted by Gasteiger charge is -2.28. The topological polar surface area (TPSA) is 79.5 Å². The zero-order valence-electron chi connectivity index (χ0n) is 30.3. The molecule has 0 radical (unpaired) electrons. The summed E-state index contributed by atoms with van der Waals surface area (Å²) in [6.45, 7) is 10.9. The van der Waals surface area contributed by atoms with Crippen molar-refractivity contribution >= 4 is 33.1 Å². The molecule has 2 aliphatic rings. The first-order valence-corrected chi connectivity index (χ1v) is 18.1. The van der Waals surface area contributed by atoms with Crippen LogP contribution in [-0.2, 0) is 0 Å². The minimum absolute atomic E-state index is 0.0304. The quantitative estimate of drug-likeness (QED) is 0.159. The van der Waals surface area contributed by atoms with E-state index in [9.17, 15) is 15.8 Å². The molecule has 1 unspecified atom stereocenters. The molecule has 2 heterocycles. The minimum Gasteiger partial charge on any atom is -0.338 e. The van der Waals surface area contributed by atoms with Crippen molar-refractivity contribution in [2.75, 3.05) is 11.4 Å². The van der Waals surface area contributed by atoms with Crippen LogP contribution in [-0.4, -0.2) is 11.1 Å². The summed E-state index contributed by atoms with van der Waals surface area (Å²) in [6, 6.07) is 35.9. The molecule has 260 valence electrons. The van der Waals surface area contributed by atoms with Gasteiger partial charge in [-0.15, -0.1) is 6.58 Å². The highest BCUT2D eigenvalue weighted by atomic mass is 15.1. The number of hydrogen-bond acceptors (Lipinski definition) is 4. The van der Waals surface area contributed by atoms with Gasteiger partial charge >= 0.3 is 0 Å². The number of fused-ring (bicyclic) bond motifs is 3. The molecule has 0 bridgehead atoms. The van der Waals surface area contributed by atoms with Crippen molar-refractivity contribution in [1.29, 1.82) is 15.8 Å². The van der Waals surface area contributed by atoms with E-state index in [0.29, 0.717) is 36.1 Å². The van der Waals surface area contributed by atoms with Crippen molar-refractivity contribution in [3.8, 4) is 23.9 Å². The zero-order chi connectivity index (χ0) is 37.6. The van der Waals surface area contributed by atoms with E-state index < -0.39 is 0 Å². The third-order valence-electron chi connectivity index (χ3n) is 10.3. The van der Waals surface area contributed by atoms with E-state index in [1.807, 2.05) is 60.7 Å². The number of hydrogen-bond donors (Lipinski definition) is 0. The Morgan fingerprint density at radius 1 is 0.815 bits per heavy atom. The van der Waals surface area contributed by atoms with Crippen molar-refractivity contribution in [2.45, 2.75) is 32.1 Å². The molecule has 0 spiro atoms. The number of benzene rings is 4. The monoisotopic (exact) mass is 697 g/mol. The van der Waals surface area contributed by atoms with Crippen LogP contribution in [0.15, 0.2) is 175 Å². The van der Waals surface area contributed by atoms with Crippen LogP contribution >= 0.6 is 0 Å². The molecule has 1 aliphatic carbocycles. The molecular weight excluding hydrogens is 659 g/mol. The molecule has 4 aromatic carbocycles. The van der Waals surface area contributed by atoms with Crippen LogP contribution < -0.4 is 4.90 Å². The lowest BCUT2D eigenvalue weighted by atomic mass is 9.85. The predicted molar refractivity (Wildman–Crippen MR) is 222 cm³/mol. The number of anilines is 1. The number of nitrogens with zero attached hydrogens (tertiary/aromatic N) is 5. The Bertz CT molecular complexity index is 2590. The highest BCUT2D eigenvalue weighted by molar-refractivity contribution is 6.09. The molecule has 0 N–H and O–H groups in total. The second kappa shape index (κ2) is 15.6. The fourth-order valence-corrected chi connectivity index (χ4v) is 7.49. The van der Waals surface area contributed by atoms with Crippen molar-refractivity contribution in [3.63, 3.8) is 0 Å². The Morgan fingerprint density at radius 2 is 1.56 bits per heavy atom. The molecule has 0 amide bonds. The first-order valence-electron chi connectivity index (χ1n) is 18.1. The lowest BCUT2D eigenvalue weighted by molar-refractivity contribution is 0.845. The van der Waals surface area contributed by atoms with Gasteiger partial charge < -0.3 is 9.47 Å². The molecule has 0 saturated carbocycles. The second-order valence-electron chi connectivity index (χ2n) is 13.5. The summed E-state index contributed by atoms with van der Waals surface area (Å²) in [5.41, 5.74) is 11.6. The van der Waals surface area contributed by atoms with Crippen LogP contribution in [0.2, 0.25) is 0 Å². The van der Waals surface area contributed by atoms with Crippen molar-refractivity contribution in [1.82, 2.24) is 4.57 Å². The fraction of sp³-hybridized carbons (Fsp3) is 0.122. The third kappa shape index (κ3) is 6.78. The van der Waals surface area contributed by atoms with E-state index in [1.54, 1.807) is 6.08 Å². The molecule has 5 aromatic rings. The SMILES string of the molecule is C=CC/C=C\C1=C(/C)CN(c2ccc(C3=CCC(c4cccc(C#N)c4-n4c5ccccc5c5ccccc54)C=C3)c(C#N)c2)C(=C)/C=C\C(C#N)=C/C1. The lowest BCUT2D eigenvalue weighted by Crippen LogP contribution is -2.24. The maximum Gasteiger partial charge on any atom is 0.101 e. The smallest absolute Gasteiger partial charge is 0.101 e. The number of allylic oxidation sites excluding steroid dienone is 12. The van der Waals surface area contributed by atoms with Gasteiger partial charge in [0.1, 0.15) is 6.07 Å². The van der Waals surface area contributed by atoms with Gasteiger partial charge in [0.05, 0.1) is 40.0 Å². The van der Waals surface area contributed by atoms with E-state index >= 15 is 0 Å². The average molecular weight is 698 g/mol. The number of nitriles is 3. The van der Waals surface area contributed by atoms with Crippen molar-refractivity contribution < 1.29 is 0 Å². The standard InChI is InChI=1S/C49H39N5/c1-4-5-6-12-37-22-21-36(30-50)20-19-35(3)53(33-34(37)2)42-27-28-43(41(29-42)32-52)38-23-25-39(26-24-38)44-16-11-13-40(31-51)49(44)54-47-17-9-7-14-45(47)46-15-8-10-18-48(46)54/h4,6-21,23-25,27-29,39H,1,3,5,22,26,33H2,2H3/b12-6-,20-19-,36-21+,37-34-. The Hall–Kier alpha value is -7.13. The van der Waals surface area contributed by atoms with Crippen molar-refractivity contribution in [3.05, 3.63) is 197 Å². The maximum atomic E-state index is 10.4. The Balaban J connectivity index is 1.22. The molecule has 5 nitrogen and oxygen atoms in total. The number of para-hydroxylation sites is 3. The van der Waals surface area contributed by atoms with E-state index in [0.717, 1.165) is 73.1 Å². The summed E-state index contributed by atoms with van der Waals surface area (Å²) < 4.78 is 2.24. The highest BCUT2D eigenvalue weighted by Crippen LogP contribution is 2.40. The molecule has 5 heteroatoms. The molecule has 1 aliphatic heterocycles. The van der Waals surface area contributed by atoms with Gasteiger partial charge in [0.2, 0.25) is 0 Å². The van der Waals surface area contributed by atoms with Crippen LogP contribution in [0.1, 0.15) is 54.4 Å². The Morgan fingerprint density at radius 3 is 2.22 bits per heavy atom. The number of rotatable bonds is 7. The molecule has 54 heavy (non-hydrogen) atoms. The summed E-state index contributed by atoms with van der Waals surface area (Å²) in [5.74, 6) is 0.0304. The van der Waals surface area contributed by atoms with Gasteiger partial charge in [0, 0.05) is 40.2 Å². The van der Waals surface area contributed by atoms with Gasteiger partial charge in [0.25, 0.3) is 0 Å². The van der Waals surface area contributed by atoms with Crippen LogP contribution in [0.5, 0.6) is 0 Å². The average Bonchev–Trinajstić information content (AvgIpc) is 3.55. The van der Waals surface area contributed by atoms with Gasteiger partial charge in [-0.25, -0.2) is 0 Å². The maximum absolute atomic E-state index is 10.4. The largest absolute Gasteiger partial charge is 0.338 e. The summed E-state index contributed by atoms with van der Waals surface area (Å²) in [4.78, 5) is 2.09. The Labute approximate surface area is 317 Å². The van der Waals surface area contributed by atoms with E-state index in [2.05, 4.69) is 121 Å². The van der Waals surface area contributed by atoms with Crippen LogP contribution in [0.4, 0.5) is 5.69 Å². The predicted octanol–water partition coefficient (Wildman–Crippen LogP) is 11.8. The van der Waals surface area contributed by atoms with Gasteiger partial charge in [-0.1, -0.05) is 109 Å². The zero-order valence-corrected chi connectivity index (χ0v) is 30.3. The Kier molecular flexibility index (Phi) is 10.2. The molecule has 7 rings (SSSR count). The third-order valence-corrected chi connectivity index (χ3v) is 10.3. The molecule has 1 atom stereocenters. The minimum atomic E-state index is 0.0304. The number of aromatic nitrogens is 1. The normalized spacial score (nSPS) is 19.1. The first-order chi connectivity index (χ1) is 26.4. The fourth-order valence-electron chi connectivity index (χ4n) is 7.49. The van der Waals surface area contributed by atoms with Gasteiger partial charge in [-0.2, -0.15) is 15.8 Å². The highest BCUT2D eigenvalue weighted by Gasteiger charge is 2.23. The van der Waals surface area contributed by atoms with E-state index in [1.165, 1.54) is 0 Å². The molecule has 0 fully saturated rings. The van der Waals surface area contributed by atoms with Crippen LogP contribution in [0, 0.1) is 34.0 Å².